The van der Waals surface area contributed by atoms with Crippen LogP contribution >= 0.6 is 0 Å². The van der Waals surface area contributed by atoms with Crippen molar-refractivity contribution in [2.24, 2.45) is 0 Å². The molecule has 0 aliphatic carbocycles. The smallest absolute Gasteiger partial charge is 0.254 e. The molecule has 2 aliphatic heterocycles. The molecule has 4 rings (SSSR count). The van der Waals surface area contributed by atoms with Crippen molar-refractivity contribution in [1.82, 2.24) is 19.8 Å². The van der Waals surface area contributed by atoms with E-state index < -0.39 is 5.54 Å². The summed E-state index contributed by atoms with van der Waals surface area (Å²) < 4.78 is 5.12. The van der Waals surface area contributed by atoms with E-state index in [0.717, 1.165) is 34.5 Å². The summed E-state index contributed by atoms with van der Waals surface area (Å²) in [5.74, 6) is 0.0546. The third-order valence-corrected chi connectivity index (χ3v) is 6.40. The molecule has 0 radical (unpaired) electrons. The van der Waals surface area contributed by atoms with Gasteiger partial charge in [-0.25, -0.2) is 4.98 Å². The number of hydrogen-bond acceptors (Lipinski definition) is 4. The molecule has 0 bridgehead atoms. The molecule has 29 heavy (non-hydrogen) atoms. The fourth-order valence-electron chi connectivity index (χ4n) is 4.94. The number of piperidine rings is 1. The van der Waals surface area contributed by atoms with Gasteiger partial charge in [0.1, 0.15) is 6.61 Å². The van der Waals surface area contributed by atoms with Crippen LogP contribution in [-0.2, 0) is 21.5 Å². The second-order valence-electron chi connectivity index (χ2n) is 8.05. The van der Waals surface area contributed by atoms with Crippen LogP contribution in [-0.4, -0.2) is 64.9 Å². The highest BCUT2D eigenvalue weighted by Crippen LogP contribution is 2.42. The number of methoxy groups -OCH3 is 1. The first-order valence-corrected chi connectivity index (χ1v) is 10.2. The summed E-state index contributed by atoms with van der Waals surface area (Å²) in [6.07, 6.45) is 3.83. The van der Waals surface area contributed by atoms with Gasteiger partial charge in [0, 0.05) is 44.4 Å². The van der Waals surface area contributed by atoms with E-state index in [1.807, 2.05) is 41.8 Å². The van der Waals surface area contributed by atoms with E-state index >= 15 is 0 Å². The van der Waals surface area contributed by atoms with Crippen molar-refractivity contribution >= 4 is 11.8 Å². The lowest BCUT2D eigenvalue weighted by Crippen LogP contribution is -2.59. The highest BCUT2D eigenvalue weighted by atomic mass is 16.5. The van der Waals surface area contributed by atoms with E-state index in [2.05, 4.69) is 9.97 Å². The first-order valence-electron chi connectivity index (χ1n) is 10.2. The zero-order valence-corrected chi connectivity index (χ0v) is 17.3. The quantitative estimate of drug-likeness (QED) is 0.863. The summed E-state index contributed by atoms with van der Waals surface area (Å²) in [6, 6.07) is 5.94. The number of aromatic nitrogens is 2. The number of hydrogen-bond donors (Lipinski definition) is 1. The van der Waals surface area contributed by atoms with Gasteiger partial charge in [-0.3, -0.25) is 9.59 Å². The number of aromatic amines is 1. The number of fused-ring (bicyclic) bond motifs is 2. The monoisotopic (exact) mass is 396 g/mol. The normalized spacial score (nSPS) is 18.0. The number of nitrogens with zero attached hydrogens (tertiary/aromatic N) is 3. The number of nitrogens with one attached hydrogen (secondary N) is 1. The molecule has 1 spiro atoms. The fourth-order valence-corrected chi connectivity index (χ4v) is 4.94. The number of carbonyl (C=O) groups excluding carboxylic acids is 2. The Morgan fingerprint density at radius 3 is 2.52 bits per heavy atom. The fraction of sp³-hybridized carbons (Fsp3) is 0.500. The molecular formula is C22H28N4O3. The Labute approximate surface area is 171 Å². The molecule has 1 saturated heterocycles. The first-order chi connectivity index (χ1) is 14.0. The maximum atomic E-state index is 13.2. The van der Waals surface area contributed by atoms with Crippen LogP contribution in [0.1, 0.15) is 45.7 Å². The van der Waals surface area contributed by atoms with Gasteiger partial charge in [-0.1, -0.05) is 18.2 Å². The van der Waals surface area contributed by atoms with E-state index in [1.165, 1.54) is 0 Å². The van der Waals surface area contributed by atoms with Gasteiger partial charge in [0.05, 0.1) is 17.6 Å². The molecule has 1 N–H and O–H groups in total. The Bertz CT molecular complexity index is 908. The number of ether oxygens (including phenoxy) is 1. The molecule has 0 saturated carbocycles. The minimum absolute atomic E-state index is 0.0179. The standard InChI is InChI=1S/C22H28N4O3/c1-15-5-4-6-16(2)19(15)21(28)25-11-8-22(9-12-25)20-17(23-14-24-20)7-10-26(22)18(27)13-29-3/h4-6,14H,7-13H2,1-3H3,(H,23,24). The van der Waals surface area contributed by atoms with Gasteiger partial charge in [0.2, 0.25) is 5.91 Å². The maximum absolute atomic E-state index is 13.2. The number of H-pyrrole nitrogens is 1. The van der Waals surface area contributed by atoms with Gasteiger partial charge in [0.25, 0.3) is 5.91 Å². The predicted octanol–water partition coefficient (Wildman–Crippen LogP) is 2.19. The van der Waals surface area contributed by atoms with Crippen LogP contribution in [0.3, 0.4) is 0 Å². The average molecular weight is 396 g/mol. The minimum Gasteiger partial charge on any atom is -0.375 e. The minimum atomic E-state index is -0.471. The molecule has 7 heteroatoms. The molecule has 3 heterocycles. The van der Waals surface area contributed by atoms with Crippen molar-refractivity contribution in [1.29, 1.82) is 0 Å². The Balaban J connectivity index is 1.60. The summed E-state index contributed by atoms with van der Waals surface area (Å²) in [7, 11) is 1.54. The molecule has 154 valence electrons. The number of carbonyl (C=O) groups is 2. The Hall–Kier alpha value is -2.67. The van der Waals surface area contributed by atoms with E-state index in [-0.39, 0.29) is 18.4 Å². The summed E-state index contributed by atoms with van der Waals surface area (Å²) in [5.41, 5.74) is 4.37. The van der Waals surface area contributed by atoms with Gasteiger partial charge in [-0.05, 0) is 37.8 Å². The zero-order chi connectivity index (χ0) is 20.6. The largest absolute Gasteiger partial charge is 0.375 e. The van der Waals surface area contributed by atoms with E-state index in [0.29, 0.717) is 32.5 Å². The van der Waals surface area contributed by atoms with Crippen molar-refractivity contribution in [3.63, 3.8) is 0 Å². The molecule has 2 amide bonds. The summed E-state index contributed by atoms with van der Waals surface area (Å²) >= 11 is 0. The van der Waals surface area contributed by atoms with Crippen molar-refractivity contribution < 1.29 is 14.3 Å². The molecule has 0 unspecified atom stereocenters. The van der Waals surface area contributed by atoms with Crippen molar-refractivity contribution in [3.8, 4) is 0 Å². The molecule has 0 atom stereocenters. The van der Waals surface area contributed by atoms with Crippen molar-refractivity contribution in [2.45, 2.75) is 38.6 Å². The van der Waals surface area contributed by atoms with E-state index in [1.54, 1.807) is 13.4 Å². The van der Waals surface area contributed by atoms with Crippen LogP contribution in [0.15, 0.2) is 24.5 Å². The Morgan fingerprint density at radius 2 is 1.86 bits per heavy atom. The topological polar surface area (TPSA) is 78.5 Å². The van der Waals surface area contributed by atoms with Crippen molar-refractivity contribution in [3.05, 3.63) is 52.6 Å². The zero-order valence-electron chi connectivity index (χ0n) is 17.3. The summed E-state index contributed by atoms with van der Waals surface area (Å²) in [5, 5.41) is 0. The molecule has 2 aromatic rings. The van der Waals surface area contributed by atoms with Crippen LogP contribution in [0, 0.1) is 13.8 Å². The highest BCUT2D eigenvalue weighted by molar-refractivity contribution is 5.97. The van der Waals surface area contributed by atoms with Crippen LogP contribution in [0.5, 0.6) is 0 Å². The van der Waals surface area contributed by atoms with Gasteiger partial charge in [0.15, 0.2) is 0 Å². The molecule has 7 nitrogen and oxygen atoms in total. The van der Waals surface area contributed by atoms with Gasteiger partial charge in [-0.2, -0.15) is 0 Å². The third-order valence-electron chi connectivity index (χ3n) is 6.40. The second kappa shape index (κ2) is 7.63. The number of likely N-dealkylation sites (tertiary alicyclic amines) is 1. The predicted molar refractivity (Wildman–Crippen MR) is 109 cm³/mol. The highest BCUT2D eigenvalue weighted by Gasteiger charge is 2.49. The maximum Gasteiger partial charge on any atom is 0.254 e. The SMILES string of the molecule is COCC(=O)N1CCc2[nH]cnc2C12CCN(C(=O)c1c(C)cccc1C)CC2. The molecule has 2 aliphatic rings. The molecular weight excluding hydrogens is 368 g/mol. The number of rotatable bonds is 3. The van der Waals surface area contributed by atoms with Crippen LogP contribution in [0.25, 0.3) is 0 Å². The van der Waals surface area contributed by atoms with Crippen molar-refractivity contribution in [2.75, 3.05) is 33.4 Å². The molecule has 1 fully saturated rings. The Kier molecular flexibility index (Phi) is 5.17. The summed E-state index contributed by atoms with van der Waals surface area (Å²) in [6.45, 7) is 5.85. The van der Waals surface area contributed by atoms with E-state index in [4.69, 9.17) is 4.74 Å². The lowest BCUT2D eigenvalue weighted by molar-refractivity contribution is -0.145. The van der Waals surface area contributed by atoms with Crippen LogP contribution in [0.4, 0.5) is 0 Å². The number of imidazole rings is 1. The molecule has 1 aromatic carbocycles. The van der Waals surface area contributed by atoms with E-state index in [9.17, 15) is 9.59 Å². The number of amides is 2. The first kappa shape index (κ1) is 19.6. The summed E-state index contributed by atoms with van der Waals surface area (Å²) in [4.78, 5) is 37.7. The van der Waals surface area contributed by atoms with Crippen LogP contribution < -0.4 is 0 Å². The average Bonchev–Trinajstić information content (AvgIpc) is 3.19. The third kappa shape index (κ3) is 3.23. The van der Waals surface area contributed by atoms with Gasteiger partial charge >= 0.3 is 0 Å². The number of aryl methyl sites for hydroxylation is 2. The lowest BCUT2D eigenvalue weighted by atomic mass is 9.78. The van der Waals surface area contributed by atoms with Gasteiger partial charge < -0.3 is 19.5 Å². The number of benzene rings is 1. The Morgan fingerprint density at radius 1 is 1.17 bits per heavy atom. The molecule has 1 aromatic heterocycles. The second-order valence-corrected chi connectivity index (χ2v) is 8.05. The van der Waals surface area contributed by atoms with Gasteiger partial charge in [-0.15, -0.1) is 0 Å². The van der Waals surface area contributed by atoms with Crippen LogP contribution in [0.2, 0.25) is 0 Å². The lowest BCUT2D eigenvalue weighted by Gasteiger charge is -2.50.